The second kappa shape index (κ2) is 6.10. The molecule has 1 aromatic carbocycles. The molecule has 21 heavy (non-hydrogen) atoms. The molecule has 0 spiro atoms. The summed E-state index contributed by atoms with van der Waals surface area (Å²) >= 11 is 0. The van der Waals surface area contributed by atoms with Crippen LogP contribution in [0.15, 0.2) is 30.3 Å². The number of hydrogen-bond donors (Lipinski definition) is 1. The van der Waals surface area contributed by atoms with E-state index >= 15 is 0 Å². The highest BCUT2D eigenvalue weighted by Crippen LogP contribution is 2.44. The van der Waals surface area contributed by atoms with E-state index in [9.17, 15) is 0 Å². The van der Waals surface area contributed by atoms with E-state index in [4.69, 9.17) is 0 Å². The van der Waals surface area contributed by atoms with Gasteiger partial charge in [-0.2, -0.15) is 0 Å². The lowest BCUT2D eigenvalue weighted by Crippen LogP contribution is -2.42. The number of benzene rings is 1. The molecule has 2 saturated carbocycles. The predicted molar refractivity (Wildman–Crippen MR) is 87.4 cm³/mol. The van der Waals surface area contributed by atoms with Crippen LogP contribution in [0.4, 0.5) is 0 Å². The van der Waals surface area contributed by atoms with E-state index < -0.39 is 0 Å². The molecule has 1 aromatic rings. The molecule has 1 saturated heterocycles. The Balaban J connectivity index is 1.23. The van der Waals surface area contributed by atoms with Gasteiger partial charge in [0.2, 0.25) is 0 Å². The quantitative estimate of drug-likeness (QED) is 0.828. The Labute approximate surface area is 128 Å². The summed E-state index contributed by atoms with van der Waals surface area (Å²) in [6, 6.07) is 12.5. The van der Waals surface area contributed by atoms with Crippen LogP contribution in [-0.4, -0.2) is 36.6 Å². The fourth-order valence-electron chi connectivity index (χ4n) is 3.94. The van der Waals surface area contributed by atoms with Crippen molar-refractivity contribution >= 4 is 0 Å². The van der Waals surface area contributed by atoms with Crippen LogP contribution in [0.3, 0.4) is 0 Å². The van der Waals surface area contributed by atoms with E-state index in [1.807, 2.05) is 0 Å². The van der Waals surface area contributed by atoms with Gasteiger partial charge < -0.3 is 10.2 Å². The molecule has 3 aliphatic rings. The summed E-state index contributed by atoms with van der Waals surface area (Å²) in [6.45, 7) is 3.77. The monoisotopic (exact) mass is 284 g/mol. The normalized spacial score (nSPS) is 26.6. The van der Waals surface area contributed by atoms with Gasteiger partial charge in [-0.15, -0.1) is 0 Å². The van der Waals surface area contributed by atoms with Crippen LogP contribution in [0.25, 0.3) is 0 Å². The van der Waals surface area contributed by atoms with E-state index in [2.05, 4.69) is 40.5 Å². The summed E-state index contributed by atoms with van der Waals surface area (Å²) in [5, 5.41) is 4.03. The van der Waals surface area contributed by atoms with E-state index in [1.165, 1.54) is 63.7 Å². The number of hydrogen-bond acceptors (Lipinski definition) is 2. The maximum Gasteiger partial charge on any atom is 0.0210 e. The Morgan fingerprint density at radius 2 is 1.71 bits per heavy atom. The molecule has 0 amide bonds. The Bertz CT molecular complexity index is 438. The molecule has 2 nitrogen and oxygen atoms in total. The van der Waals surface area contributed by atoms with Gasteiger partial charge in [0.15, 0.2) is 0 Å². The summed E-state index contributed by atoms with van der Waals surface area (Å²) in [5.41, 5.74) is 1.47. The lowest BCUT2D eigenvalue weighted by atomic mass is 10.1. The molecule has 2 heteroatoms. The molecule has 1 atom stereocenters. The third-order valence-corrected chi connectivity index (χ3v) is 5.52. The highest BCUT2D eigenvalue weighted by molar-refractivity contribution is 5.15. The largest absolute Gasteiger partial charge is 0.309 e. The predicted octanol–water partition coefficient (Wildman–Crippen LogP) is 3.08. The van der Waals surface area contributed by atoms with Crippen molar-refractivity contribution in [2.45, 2.75) is 50.6 Å². The maximum absolute atomic E-state index is 4.03. The van der Waals surface area contributed by atoms with Crippen molar-refractivity contribution in [3.05, 3.63) is 35.9 Å². The number of nitrogens with zero attached hydrogens (tertiary/aromatic N) is 1. The SMILES string of the molecule is c1ccc(CCN2CCC(NC(C3CC3)C3CC3)C2)cc1. The van der Waals surface area contributed by atoms with Crippen LogP contribution < -0.4 is 5.32 Å². The average Bonchev–Trinajstić information content (AvgIpc) is 3.44. The van der Waals surface area contributed by atoms with Gasteiger partial charge in [0.05, 0.1) is 0 Å². The molecule has 0 bridgehead atoms. The Hall–Kier alpha value is -0.860. The van der Waals surface area contributed by atoms with Crippen molar-refractivity contribution < 1.29 is 0 Å². The van der Waals surface area contributed by atoms with Crippen LogP contribution in [0.2, 0.25) is 0 Å². The Morgan fingerprint density at radius 3 is 2.38 bits per heavy atom. The molecule has 4 rings (SSSR count). The van der Waals surface area contributed by atoms with Crippen LogP contribution in [0.1, 0.15) is 37.7 Å². The first-order valence-corrected chi connectivity index (χ1v) is 8.91. The van der Waals surface area contributed by atoms with Crippen molar-refractivity contribution in [2.24, 2.45) is 11.8 Å². The van der Waals surface area contributed by atoms with E-state index in [0.717, 1.165) is 23.9 Å². The molecule has 1 aliphatic heterocycles. The molecular weight excluding hydrogens is 256 g/mol. The fourth-order valence-corrected chi connectivity index (χ4v) is 3.94. The molecule has 1 unspecified atom stereocenters. The molecule has 0 aromatic heterocycles. The van der Waals surface area contributed by atoms with Crippen molar-refractivity contribution in [1.82, 2.24) is 10.2 Å². The van der Waals surface area contributed by atoms with Crippen molar-refractivity contribution in [1.29, 1.82) is 0 Å². The fraction of sp³-hybridized carbons (Fsp3) is 0.684. The van der Waals surface area contributed by atoms with Gasteiger partial charge in [-0.25, -0.2) is 0 Å². The van der Waals surface area contributed by atoms with Crippen molar-refractivity contribution in [3.8, 4) is 0 Å². The van der Waals surface area contributed by atoms with Crippen molar-refractivity contribution in [2.75, 3.05) is 19.6 Å². The van der Waals surface area contributed by atoms with Gasteiger partial charge in [-0.1, -0.05) is 30.3 Å². The van der Waals surface area contributed by atoms with Gasteiger partial charge in [0.1, 0.15) is 0 Å². The van der Waals surface area contributed by atoms with Gasteiger partial charge in [0, 0.05) is 25.2 Å². The summed E-state index contributed by atoms with van der Waals surface area (Å²) < 4.78 is 0. The molecule has 1 N–H and O–H groups in total. The molecule has 2 aliphatic carbocycles. The zero-order valence-corrected chi connectivity index (χ0v) is 13.0. The first kappa shape index (κ1) is 13.8. The summed E-state index contributed by atoms with van der Waals surface area (Å²) in [7, 11) is 0. The molecule has 114 valence electrons. The minimum absolute atomic E-state index is 0.756. The van der Waals surface area contributed by atoms with Crippen LogP contribution in [0, 0.1) is 11.8 Å². The summed E-state index contributed by atoms with van der Waals surface area (Å²) in [6.07, 6.45) is 8.49. The zero-order valence-electron chi connectivity index (χ0n) is 13.0. The second-order valence-corrected chi connectivity index (χ2v) is 7.39. The second-order valence-electron chi connectivity index (χ2n) is 7.39. The van der Waals surface area contributed by atoms with Gasteiger partial charge in [-0.3, -0.25) is 0 Å². The first-order valence-electron chi connectivity index (χ1n) is 8.91. The van der Waals surface area contributed by atoms with Gasteiger partial charge in [0.25, 0.3) is 0 Å². The third-order valence-electron chi connectivity index (χ3n) is 5.52. The van der Waals surface area contributed by atoms with Crippen molar-refractivity contribution in [3.63, 3.8) is 0 Å². The molecule has 3 fully saturated rings. The molecule has 1 heterocycles. The zero-order chi connectivity index (χ0) is 14.1. The van der Waals surface area contributed by atoms with Gasteiger partial charge >= 0.3 is 0 Å². The van der Waals surface area contributed by atoms with Crippen LogP contribution >= 0.6 is 0 Å². The maximum atomic E-state index is 4.03. The van der Waals surface area contributed by atoms with Crippen LogP contribution in [0.5, 0.6) is 0 Å². The van der Waals surface area contributed by atoms with Gasteiger partial charge in [-0.05, 0) is 62.5 Å². The lowest BCUT2D eigenvalue weighted by molar-refractivity contribution is 0.313. The number of likely N-dealkylation sites (tertiary alicyclic amines) is 1. The summed E-state index contributed by atoms with van der Waals surface area (Å²) in [5.74, 6) is 2.05. The number of rotatable bonds is 7. The Kier molecular flexibility index (Phi) is 4.00. The van der Waals surface area contributed by atoms with Crippen LogP contribution in [-0.2, 0) is 6.42 Å². The minimum atomic E-state index is 0.756. The number of nitrogens with one attached hydrogen (secondary N) is 1. The first-order chi connectivity index (χ1) is 10.4. The standard InChI is InChI=1S/C19H28N2/c1-2-4-15(5-3-1)10-12-21-13-11-18(14-21)20-19(16-6-7-16)17-8-9-17/h1-5,16-20H,6-14H2. The highest BCUT2D eigenvalue weighted by atomic mass is 15.2. The molecular formula is C19H28N2. The topological polar surface area (TPSA) is 15.3 Å². The highest BCUT2D eigenvalue weighted by Gasteiger charge is 2.42. The Morgan fingerprint density at radius 1 is 1.00 bits per heavy atom. The van der Waals surface area contributed by atoms with E-state index in [0.29, 0.717) is 0 Å². The van der Waals surface area contributed by atoms with E-state index in [-0.39, 0.29) is 0 Å². The molecule has 0 radical (unpaired) electrons. The summed E-state index contributed by atoms with van der Waals surface area (Å²) in [4.78, 5) is 2.65. The third kappa shape index (κ3) is 3.67. The van der Waals surface area contributed by atoms with E-state index in [1.54, 1.807) is 0 Å². The minimum Gasteiger partial charge on any atom is -0.309 e. The smallest absolute Gasteiger partial charge is 0.0210 e. The lowest BCUT2D eigenvalue weighted by Gasteiger charge is -2.23. The average molecular weight is 284 g/mol.